The number of aliphatic hydroxyl groups is 1. The van der Waals surface area contributed by atoms with E-state index in [1.807, 2.05) is 30.3 Å². The molecule has 0 radical (unpaired) electrons. The molecule has 2 unspecified atom stereocenters. The fourth-order valence-corrected chi connectivity index (χ4v) is 3.37. The molecule has 0 bridgehead atoms. The average Bonchev–Trinajstić information content (AvgIpc) is 2.49. The summed E-state index contributed by atoms with van der Waals surface area (Å²) >= 11 is 0. The summed E-state index contributed by atoms with van der Waals surface area (Å²) in [6, 6.07) is 11.0. The van der Waals surface area contributed by atoms with Crippen molar-refractivity contribution >= 4 is 0 Å². The van der Waals surface area contributed by atoms with Crippen molar-refractivity contribution in [2.75, 3.05) is 7.05 Å². The summed E-state index contributed by atoms with van der Waals surface area (Å²) in [5, 5.41) is 10.6. The maximum atomic E-state index is 10.6. The summed E-state index contributed by atoms with van der Waals surface area (Å²) in [6.45, 7) is 2.18. The van der Waals surface area contributed by atoms with Crippen LogP contribution in [0.5, 0.6) is 0 Å². The maximum absolute atomic E-state index is 10.6. The van der Waals surface area contributed by atoms with E-state index < -0.39 is 0 Å². The minimum atomic E-state index is -0.377. The van der Waals surface area contributed by atoms with Crippen LogP contribution in [-0.2, 0) is 0 Å². The van der Waals surface area contributed by atoms with E-state index in [1.54, 1.807) is 0 Å². The molecule has 1 saturated carbocycles. The first-order valence-electron chi connectivity index (χ1n) is 7.69. The van der Waals surface area contributed by atoms with Gasteiger partial charge in [-0.1, -0.05) is 56.5 Å². The standard InChI is InChI=1S/C17H27NO/c1-3-16(17(19)14-10-6-4-7-11-14)18(2)15-12-8-5-9-13-15/h4,6-7,10-11,15-17,19H,3,5,8-9,12-13H2,1-2H3. The van der Waals surface area contributed by atoms with Gasteiger partial charge in [0.25, 0.3) is 0 Å². The van der Waals surface area contributed by atoms with E-state index in [-0.39, 0.29) is 12.1 Å². The average molecular weight is 261 g/mol. The highest BCUT2D eigenvalue weighted by Gasteiger charge is 2.28. The summed E-state index contributed by atoms with van der Waals surface area (Å²) in [5.41, 5.74) is 1.04. The first kappa shape index (κ1) is 14.5. The van der Waals surface area contributed by atoms with Crippen molar-refractivity contribution in [2.24, 2.45) is 0 Å². The van der Waals surface area contributed by atoms with Crippen LogP contribution in [0.1, 0.15) is 57.1 Å². The molecule has 1 aromatic rings. The van der Waals surface area contributed by atoms with Crippen molar-refractivity contribution in [3.8, 4) is 0 Å². The fraction of sp³-hybridized carbons (Fsp3) is 0.647. The maximum Gasteiger partial charge on any atom is 0.0945 e. The Balaban J connectivity index is 2.05. The van der Waals surface area contributed by atoms with Crippen molar-refractivity contribution in [3.05, 3.63) is 35.9 Å². The highest BCUT2D eigenvalue weighted by atomic mass is 16.3. The normalized spacial score (nSPS) is 20.4. The fourth-order valence-electron chi connectivity index (χ4n) is 3.37. The number of rotatable bonds is 5. The van der Waals surface area contributed by atoms with Gasteiger partial charge < -0.3 is 5.11 Å². The van der Waals surface area contributed by atoms with Gasteiger partial charge in [-0.2, -0.15) is 0 Å². The van der Waals surface area contributed by atoms with Gasteiger partial charge in [-0.05, 0) is 31.9 Å². The Kier molecular flexibility index (Phi) is 5.41. The van der Waals surface area contributed by atoms with Crippen LogP contribution in [0.2, 0.25) is 0 Å². The molecule has 2 atom stereocenters. The second-order valence-corrected chi connectivity index (χ2v) is 5.79. The van der Waals surface area contributed by atoms with Crippen molar-refractivity contribution in [1.82, 2.24) is 4.90 Å². The minimum absolute atomic E-state index is 0.227. The van der Waals surface area contributed by atoms with Gasteiger partial charge in [0, 0.05) is 12.1 Å². The molecular formula is C17H27NO. The quantitative estimate of drug-likeness (QED) is 0.872. The first-order valence-corrected chi connectivity index (χ1v) is 7.69. The van der Waals surface area contributed by atoms with Gasteiger partial charge in [-0.3, -0.25) is 4.90 Å². The third-order valence-electron chi connectivity index (χ3n) is 4.60. The lowest BCUT2D eigenvalue weighted by molar-refractivity contribution is 0.0273. The van der Waals surface area contributed by atoms with E-state index >= 15 is 0 Å². The van der Waals surface area contributed by atoms with Crippen molar-refractivity contribution in [3.63, 3.8) is 0 Å². The number of aliphatic hydroxyl groups excluding tert-OH is 1. The molecule has 0 spiro atoms. The summed E-state index contributed by atoms with van der Waals surface area (Å²) in [7, 11) is 2.19. The molecular weight excluding hydrogens is 234 g/mol. The molecule has 1 fully saturated rings. The van der Waals surface area contributed by atoms with Crippen LogP contribution in [-0.4, -0.2) is 29.1 Å². The first-order chi connectivity index (χ1) is 9.24. The van der Waals surface area contributed by atoms with Gasteiger partial charge >= 0.3 is 0 Å². The molecule has 1 aromatic carbocycles. The van der Waals surface area contributed by atoms with E-state index in [1.165, 1.54) is 32.1 Å². The molecule has 0 aliphatic heterocycles. The third kappa shape index (κ3) is 3.58. The zero-order valence-corrected chi connectivity index (χ0v) is 12.3. The van der Waals surface area contributed by atoms with Gasteiger partial charge in [-0.25, -0.2) is 0 Å². The molecule has 0 aromatic heterocycles. The predicted molar refractivity (Wildman–Crippen MR) is 80.1 cm³/mol. The number of hydrogen-bond acceptors (Lipinski definition) is 2. The van der Waals surface area contributed by atoms with Crippen LogP contribution >= 0.6 is 0 Å². The highest BCUT2D eigenvalue weighted by molar-refractivity contribution is 5.19. The lowest BCUT2D eigenvalue weighted by atomic mass is 9.91. The highest BCUT2D eigenvalue weighted by Crippen LogP contribution is 2.29. The van der Waals surface area contributed by atoms with Crippen LogP contribution in [0, 0.1) is 0 Å². The largest absolute Gasteiger partial charge is 0.387 e. The number of benzene rings is 1. The molecule has 2 heteroatoms. The number of hydrogen-bond donors (Lipinski definition) is 1. The van der Waals surface area contributed by atoms with E-state index in [9.17, 15) is 5.11 Å². The predicted octanol–water partition coefficient (Wildman–Crippen LogP) is 3.76. The van der Waals surface area contributed by atoms with Gasteiger partial charge in [-0.15, -0.1) is 0 Å². The van der Waals surface area contributed by atoms with Gasteiger partial charge in [0.15, 0.2) is 0 Å². The van der Waals surface area contributed by atoms with Crippen molar-refractivity contribution in [1.29, 1.82) is 0 Å². The van der Waals surface area contributed by atoms with Crippen LogP contribution in [0.4, 0.5) is 0 Å². The van der Waals surface area contributed by atoms with Crippen molar-refractivity contribution < 1.29 is 5.11 Å². The Morgan fingerprint density at radius 1 is 1.16 bits per heavy atom. The summed E-state index contributed by atoms with van der Waals surface area (Å²) in [4.78, 5) is 2.43. The number of likely N-dealkylation sites (N-methyl/N-ethyl adjacent to an activating group) is 1. The second-order valence-electron chi connectivity index (χ2n) is 5.79. The Labute approximate surface area is 117 Å². The molecule has 1 aliphatic carbocycles. The summed E-state index contributed by atoms with van der Waals surface area (Å²) in [5.74, 6) is 0. The third-order valence-corrected chi connectivity index (χ3v) is 4.60. The Morgan fingerprint density at radius 2 is 1.79 bits per heavy atom. The van der Waals surface area contributed by atoms with Gasteiger partial charge in [0.05, 0.1) is 6.10 Å². The molecule has 106 valence electrons. The van der Waals surface area contributed by atoms with Crippen LogP contribution < -0.4 is 0 Å². The smallest absolute Gasteiger partial charge is 0.0945 e. The van der Waals surface area contributed by atoms with Gasteiger partial charge in [0.2, 0.25) is 0 Å². The Bertz CT molecular complexity index is 359. The van der Waals surface area contributed by atoms with E-state index in [0.29, 0.717) is 6.04 Å². The molecule has 2 nitrogen and oxygen atoms in total. The van der Waals surface area contributed by atoms with Crippen LogP contribution in [0.25, 0.3) is 0 Å². The van der Waals surface area contributed by atoms with Crippen LogP contribution in [0.15, 0.2) is 30.3 Å². The second kappa shape index (κ2) is 7.06. The lowest BCUT2D eigenvalue weighted by Crippen LogP contribution is -2.44. The summed E-state index contributed by atoms with van der Waals surface area (Å²) in [6.07, 6.45) is 7.24. The van der Waals surface area contributed by atoms with Crippen molar-refractivity contribution in [2.45, 2.75) is 63.6 Å². The van der Waals surface area contributed by atoms with Gasteiger partial charge in [0.1, 0.15) is 0 Å². The Hall–Kier alpha value is -0.860. The molecule has 0 amide bonds. The molecule has 0 heterocycles. The topological polar surface area (TPSA) is 23.5 Å². The molecule has 1 N–H and O–H groups in total. The lowest BCUT2D eigenvalue weighted by Gasteiger charge is -2.39. The van der Waals surface area contributed by atoms with E-state index in [2.05, 4.69) is 18.9 Å². The number of nitrogens with zero attached hydrogens (tertiary/aromatic N) is 1. The SMILES string of the molecule is CCC(C(O)c1ccccc1)N(C)C1CCCCC1. The summed E-state index contributed by atoms with van der Waals surface area (Å²) < 4.78 is 0. The molecule has 2 rings (SSSR count). The van der Waals surface area contributed by atoms with E-state index in [0.717, 1.165) is 12.0 Å². The molecule has 19 heavy (non-hydrogen) atoms. The minimum Gasteiger partial charge on any atom is -0.387 e. The monoisotopic (exact) mass is 261 g/mol. The molecule has 1 aliphatic rings. The van der Waals surface area contributed by atoms with E-state index in [4.69, 9.17) is 0 Å². The van der Waals surface area contributed by atoms with Crippen LogP contribution in [0.3, 0.4) is 0 Å². The molecule has 0 saturated heterocycles. The zero-order chi connectivity index (χ0) is 13.7. The Morgan fingerprint density at radius 3 is 2.37 bits per heavy atom. The zero-order valence-electron chi connectivity index (χ0n) is 12.3.